The lowest BCUT2D eigenvalue weighted by atomic mass is 10.2. The Morgan fingerprint density at radius 1 is 1.04 bits per heavy atom. The highest BCUT2D eigenvalue weighted by atomic mass is 16.5. The number of esters is 1. The van der Waals surface area contributed by atoms with Crippen LogP contribution in [0.3, 0.4) is 0 Å². The van der Waals surface area contributed by atoms with Crippen LogP contribution in [-0.4, -0.2) is 29.9 Å². The topological polar surface area (TPSA) is 72.6 Å². The number of likely N-dealkylation sites (N-methyl/N-ethyl adjacent to an activating group) is 1. The fourth-order valence-electron chi connectivity index (χ4n) is 2.10. The van der Waals surface area contributed by atoms with E-state index in [1.165, 1.54) is 0 Å². The third-order valence-electron chi connectivity index (χ3n) is 3.42. The van der Waals surface area contributed by atoms with Gasteiger partial charge in [-0.2, -0.15) is 0 Å². The second kappa shape index (κ2) is 7.98. The lowest BCUT2D eigenvalue weighted by molar-refractivity contribution is -0.134. The van der Waals surface area contributed by atoms with Gasteiger partial charge in [-0.15, -0.1) is 0 Å². The van der Waals surface area contributed by atoms with E-state index in [2.05, 4.69) is 0 Å². The minimum Gasteiger partial charge on any atom is -0.452 e. The molecule has 0 aliphatic carbocycles. The van der Waals surface area contributed by atoms with E-state index >= 15 is 0 Å². The summed E-state index contributed by atoms with van der Waals surface area (Å²) in [7, 11) is 0. The number of nitrogens with zero attached hydrogens (tertiary/aromatic N) is 1. The monoisotopic (exact) mass is 312 g/mol. The number of carbonyl (C=O) groups is 2. The predicted molar refractivity (Wildman–Crippen MR) is 88.7 cm³/mol. The Kier molecular flexibility index (Phi) is 5.74. The molecular formula is C18H20N2O3. The normalized spacial score (nSPS) is 10.1. The smallest absolute Gasteiger partial charge is 0.338 e. The molecule has 0 saturated carbocycles. The molecule has 2 aromatic rings. The van der Waals surface area contributed by atoms with Crippen LogP contribution < -0.4 is 5.73 Å². The summed E-state index contributed by atoms with van der Waals surface area (Å²) in [5, 5.41) is 0. The quantitative estimate of drug-likeness (QED) is 0.657. The van der Waals surface area contributed by atoms with E-state index in [1.54, 1.807) is 29.2 Å². The molecule has 1 amide bonds. The largest absolute Gasteiger partial charge is 0.452 e. The van der Waals surface area contributed by atoms with E-state index in [9.17, 15) is 9.59 Å². The van der Waals surface area contributed by atoms with Gasteiger partial charge in [-0.3, -0.25) is 4.79 Å². The SMILES string of the molecule is CCN(Cc1ccccc1)C(=O)COC(=O)c1ccc(N)cc1. The molecule has 2 rings (SSSR count). The average Bonchev–Trinajstić information content (AvgIpc) is 2.58. The second-order valence-electron chi connectivity index (χ2n) is 5.09. The number of nitrogen functional groups attached to an aromatic ring is 1. The number of carbonyl (C=O) groups excluding carboxylic acids is 2. The van der Waals surface area contributed by atoms with Crippen LogP contribution in [0.1, 0.15) is 22.8 Å². The molecule has 0 spiro atoms. The molecule has 0 heterocycles. The van der Waals surface area contributed by atoms with Crippen molar-refractivity contribution in [2.45, 2.75) is 13.5 Å². The van der Waals surface area contributed by atoms with Crippen LogP contribution in [0.4, 0.5) is 5.69 Å². The van der Waals surface area contributed by atoms with Gasteiger partial charge >= 0.3 is 5.97 Å². The van der Waals surface area contributed by atoms with E-state index in [0.29, 0.717) is 24.3 Å². The number of hydrogen-bond acceptors (Lipinski definition) is 4. The van der Waals surface area contributed by atoms with Crippen molar-refractivity contribution in [2.24, 2.45) is 0 Å². The molecule has 5 heteroatoms. The number of anilines is 1. The van der Waals surface area contributed by atoms with Gasteiger partial charge in [0.25, 0.3) is 5.91 Å². The van der Waals surface area contributed by atoms with Crippen LogP contribution in [-0.2, 0) is 16.1 Å². The molecule has 0 fully saturated rings. The molecule has 0 aliphatic heterocycles. The zero-order chi connectivity index (χ0) is 16.7. The van der Waals surface area contributed by atoms with Gasteiger partial charge in [0.1, 0.15) is 0 Å². The summed E-state index contributed by atoms with van der Waals surface area (Å²) in [5.41, 5.74) is 7.54. The highest BCUT2D eigenvalue weighted by molar-refractivity contribution is 5.91. The molecule has 5 nitrogen and oxygen atoms in total. The predicted octanol–water partition coefficient (Wildman–Crippen LogP) is 2.47. The van der Waals surface area contributed by atoms with Crippen molar-refractivity contribution in [1.82, 2.24) is 4.90 Å². The van der Waals surface area contributed by atoms with Gasteiger partial charge in [-0.1, -0.05) is 30.3 Å². The minimum atomic E-state index is -0.533. The van der Waals surface area contributed by atoms with Crippen LogP contribution in [0.5, 0.6) is 0 Å². The van der Waals surface area contributed by atoms with Crippen molar-refractivity contribution in [3.05, 3.63) is 65.7 Å². The van der Waals surface area contributed by atoms with Gasteiger partial charge in [-0.05, 0) is 36.8 Å². The molecule has 0 aliphatic rings. The summed E-state index contributed by atoms with van der Waals surface area (Å²) >= 11 is 0. The first-order chi connectivity index (χ1) is 11.1. The molecule has 120 valence electrons. The van der Waals surface area contributed by atoms with Gasteiger partial charge in [0.15, 0.2) is 6.61 Å². The Labute approximate surface area is 135 Å². The molecule has 0 atom stereocenters. The number of ether oxygens (including phenoxy) is 1. The highest BCUT2D eigenvalue weighted by Gasteiger charge is 2.15. The molecule has 0 bridgehead atoms. The van der Waals surface area contributed by atoms with Crippen molar-refractivity contribution in [3.8, 4) is 0 Å². The zero-order valence-electron chi connectivity index (χ0n) is 13.1. The Bertz CT molecular complexity index is 654. The van der Waals surface area contributed by atoms with Crippen molar-refractivity contribution in [1.29, 1.82) is 0 Å². The van der Waals surface area contributed by atoms with Crippen LogP contribution in [0.25, 0.3) is 0 Å². The van der Waals surface area contributed by atoms with Gasteiger partial charge in [0.05, 0.1) is 5.56 Å². The average molecular weight is 312 g/mol. The van der Waals surface area contributed by atoms with Gasteiger partial charge in [0, 0.05) is 18.8 Å². The lowest BCUT2D eigenvalue weighted by Gasteiger charge is -2.20. The molecule has 0 saturated heterocycles. The molecule has 0 aromatic heterocycles. The molecule has 0 radical (unpaired) electrons. The fraction of sp³-hybridized carbons (Fsp3) is 0.222. The number of benzene rings is 2. The zero-order valence-corrected chi connectivity index (χ0v) is 13.1. The van der Waals surface area contributed by atoms with E-state index in [1.807, 2.05) is 37.3 Å². The fourth-order valence-corrected chi connectivity index (χ4v) is 2.10. The third-order valence-corrected chi connectivity index (χ3v) is 3.42. The van der Waals surface area contributed by atoms with Crippen LogP contribution in [0.15, 0.2) is 54.6 Å². The first-order valence-corrected chi connectivity index (χ1v) is 7.44. The minimum absolute atomic E-state index is 0.222. The van der Waals surface area contributed by atoms with E-state index < -0.39 is 5.97 Å². The second-order valence-corrected chi connectivity index (χ2v) is 5.09. The van der Waals surface area contributed by atoms with E-state index in [0.717, 1.165) is 5.56 Å². The van der Waals surface area contributed by atoms with Crippen LogP contribution in [0.2, 0.25) is 0 Å². The summed E-state index contributed by atoms with van der Waals surface area (Å²) in [6, 6.07) is 16.1. The maximum absolute atomic E-state index is 12.2. The number of nitrogens with two attached hydrogens (primary N) is 1. The number of hydrogen-bond donors (Lipinski definition) is 1. The van der Waals surface area contributed by atoms with Crippen LogP contribution in [0, 0.1) is 0 Å². The van der Waals surface area contributed by atoms with Gasteiger partial charge in [0.2, 0.25) is 0 Å². The Morgan fingerprint density at radius 3 is 2.30 bits per heavy atom. The van der Waals surface area contributed by atoms with Crippen molar-refractivity contribution in [3.63, 3.8) is 0 Å². The lowest BCUT2D eigenvalue weighted by Crippen LogP contribution is -2.34. The Hall–Kier alpha value is -2.82. The van der Waals surface area contributed by atoms with Crippen molar-refractivity contribution in [2.75, 3.05) is 18.9 Å². The number of rotatable bonds is 6. The Morgan fingerprint density at radius 2 is 1.70 bits per heavy atom. The summed E-state index contributed by atoms with van der Waals surface area (Å²) in [4.78, 5) is 25.7. The summed E-state index contributed by atoms with van der Waals surface area (Å²) < 4.78 is 5.08. The maximum Gasteiger partial charge on any atom is 0.338 e. The molecule has 2 N–H and O–H groups in total. The third kappa shape index (κ3) is 4.85. The molecule has 0 unspecified atom stereocenters. The van der Waals surface area contributed by atoms with E-state index in [4.69, 9.17) is 10.5 Å². The van der Waals surface area contributed by atoms with Crippen molar-refractivity contribution < 1.29 is 14.3 Å². The summed E-state index contributed by atoms with van der Waals surface area (Å²) in [5.74, 6) is -0.755. The Balaban J connectivity index is 1.89. The maximum atomic E-state index is 12.2. The van der Waals surface area contributed by atoms with Gasteiger partial charge in [-0.25, -0.2) is 4.79 Å². The molecule has 23 heavy (non-hydrogen) atoms. The highest BCUT2D eigenvalue weighted by Crippen LogP contribution is 2.08. The standard InChI is InChI=1S/C18H20N2O3/c1-2-20(12-14-6-4-3-5-7-14)17(21)13-23-18(22)15-8-10-16(19)11-9-15/h3-11H,2,12-13,19H2,1H3. The van der Waals surface area contributed by atoms with Crippen molar-refractivity contribution >= 4 is 17.6 Å². The first-order valence-electron chi connectivity index (χ1n) is 7.44. The molecular weight excluding hydrogens is 292 g/mol. The molecule has 2 aromatic carbocycles. The summed E-state index contributed by atoms with van der Waals surface area (Å²) in [6.45, 7) is 2.66. The summed E-state index contributed by atoms with van der Waals surface area (Å²) in [6.07, 6.45) is 0. The first kappa shape index (κ1) is 16.5. The number of amides is 1. The van der Waals surface area contributed by atoms with E-state index in [-0.39, 0.29) is 12.5 Å². The van der Waals surface area contributed by atoms with Crippen LogP contribution >= 0.6 is 0 Å². The van der Waals surface area contributed by atoms with Gasteiger partial charge < -0.3 is 15.4 Å².